The molecule has 1 unspecified atom stereocenters. The Bertz CT molecular complexity index is 561. The summed E-state index contributed by atoms with van der Waals surface area (Å²) in [6.45, 7) is 2.97. The third-order valence-corrected chi connectivity index (χ3v) is 3.55. The van der Waals surface area contributed by atoms with Crippen molar-refractivity contribution < 1.29 is 24.2 Å². The van der Waals surface area contributed by atoms with Crippen LogP contribution in [-0.2, 0) is 4.79 Å². The maximum atomic E-state index is 12.3. The third kappa shape index (κ3) is 3.60. The van der Waals surface area contributed by atoms with Gasteiger partial charge < -0.3 is 24.8 Å². The first kappa shape index (κ1) is 15.9. The maximum Gasteiger partial charge on any atom is 0.321 e. The molecular weight excluding hydrogens is 288 g/mol. The van der Waals surface area contributed by atoms with Crippen LogP contribution in [0.3, 0.4) is 0 Å². The molecule has 0 aliphatic carbocycles. The monoisotopic (exact) mass is 308 g/mol. The Labute approximate surface area is 128 Å². The summed E-state index contributed by atoms with van der Waals surface area (Å²) in [5.74, 6) is -0.219. The highest BCUT2D eigenvalue weighted by Crippen LogP contribution is 2.30. The highest BCUT2D eigenvalue weighted by Gasteiger charge is 2.31. The van der Waals surface area contributed by atoms with Gasteiger partial charge in [-0.2, -0.15) is 0 Å². The van der Waals surface area contributed by atoms with Crippen molar-refractivity contribution in [2.75, 3.05) is 32.1 Å². The number of nitrogens with one attached hydrogen (secondary N) is 1. The van der Waals surface area contributed by atoms with E-state index in [9.17, 15) is 9.59 Å². The lowest BCUT2D eigenvalue weighted by Crippen LogP contribution is -2.33. The van der Waals surface area contributed by atoms with E-state index in [4.69, 9.17) is 14.6 Å². The molecule has 1 heterocycles. The van der Waals surface area contributed by atoms with E-state index < -0.39 is 11.9 Å². The summed E-state index contributed by atoms with van der Waals surface area (Å²) in [5.41, 5.74) is 0.505. The van der Waals surface area contributed by atoms with Crippen LogP contribution in [0.25, 0.3) is 0 Å². The number of carbonyl (C=O) groups is 2. The second-order valence-electron chi connectivity index (χ2n) is 5.00. The fourth-order valence-electron chi connectivity index (χ4n) is 2.36. The van der Waals surface area contributed by atoms with E-state index in [1.54, 1.807) is 25.3 Å². The molecule has 1 saturated heterocycles. The number of methoxy groups -OCH3 is 1. The van der Waals surface area contributed by atoms with Gasteiger partial charge in [-0.25, -0.2) is 4.79 Å². The summed E-state index contributed by atoms with van der Waals surface area (Å²) in [6, 6.07) is 4.81. The lowest BCUT2D eigenvalue weighted by atomic mass is 10.1. The normalized spacial score (nSPS) is 17.2. The zero-order valence-electron chi connectivity index (χ0n) is 12.7. The molecule has 2 N–H and O–H groups in total. The number of carboxylic acid groups (broad SMARTS) is 1. The first-order chi connectivity index (χ1) is 10.5. The Morgan fingerprint density at radius 1 is 1.45 bits per heavy atom. The van der Waals surface area contributed by atoms with Crippen LogP contribution in [0.1, 0.15) is 13.3 Å². The molecule has 0 bridgehead atoms. The molecule has 1 aliphatic heterocycles. The minimum atomic E-state index is -0.869. The minimum absolute atomic E-state index is 0.217. The third-order valence-electron chi connectivity index (χ3n) is 3.55. The van der Waals surface area contributed by atoms with Crippen molar-refractivity contribution in [3.63, 3.8) is 0 Å². The van der Waals surface area contributed by atoms with Gasteiger partial charge in [0.15, 0.2) is 0 Å². The second kappa shape index (κ2) is 7.02. The van der Waals surface area contributed by atoms with Crippen molar-refractivity contribution in [1.29, 1.82) is 0 Å². The Hall–Kier alpha value is -2.44. The minimum Gasteiger partial charge on any atom is -0.497 e. The van der Waals surface area contributed by atoms with Crippen molar-refractivity contribution in [3.8, 4) is 11.5 Å². The average Bonchev–Trinajstić information content (AvgIpc) is 2.99. The number of aliphatic carboxylic acids is 1. The average molecular weight is 308 g/mol. The Kier molecular flexibility index (Phi) is 5.08. The summed E-state index contributed by atoms with van der Waals surface area (Å²) in [6.07, 6.45) is 0.471. The summed E-state index contributed by atoms with van der Waals surface area (Å²) in [5, 5.41) is 11.8. The van der Waals surface area contributed by atoms with Crippen molar-refractivity contribution >= 4 is 17.7 Å². The molecule has 2 rings (SSSR count). The second-order valence-corrected chi connectivity index (χ2v) is 5.00. The summed E-state index contributed by atoms with van der Waals surface area (Å²) >= 11 is 0. The number of carbonyl (C=O) groups excluding carboxylic acids is 1. The largest absolute Gasteiger partial charge is 0.497 e. The van der Waals surface area contributed by atoms with Gasteiger partial charge in [0.2, 0.25) is 0 Å². The summed E-state index contributed by atoms with van der Waals surface area (Å²) < 4.78 is 10.6. The van der Waals surface area contributed by atoms with E-state index in [-0.39, 0.29) is 12.6 Å². The van der Waals surface area contributed by atoms with Crippen LogP contribution in [0.4, 0.5) is 10.5 Å². The van der Waals surface area contributed by atoms with Crippen molar-refractivity contribution in [2.24, 2.45) is 5.92 Å². The fraction of sp³-hybridized carbons (Fsp3) is 0.467. The van der Waals surface area contributed by atoms with Crippen molar-refractivity contribution in [1.82, 2.24) is 4.90 Å². The van der Waals surface area contributed by atoms with Crippen LogP contribution in [-0.4, -0.2) is 48.8 Å². The van der Waals surface area contributed by atoms with Crippen LogP contribution >= 0.6 is 0 Å². The van der Waals surface area contributed by atoms with Gasteiger partial charge in [-0.3, -0.25) is 4.79 Å². The molecule has 1 aromatic carbocycles. The Morgan fingerprint density at radius 3 is 2.82 bits per heavy atom. The van der Waals surface area contributed by atoms with Gasteiger partial charge in [0.05, 0.1) is 25.3 Å². The van der Waals surface area contributed by atoms with Gasteiger partial charge in [0.25, 0.3) is 0 Å². The summed E-state index contributed by atoms with van der Waals surface area (Å²) in [4.78, 5) is 24.7. The van der Waals surface area contributed by atoms with Crippen LogP contribution in [0.5, 0.6) is 11.5 Å². The van der Waals surface area contributed by atoms with Crippen LogP contribution in [0.15, 0.2) is 18.2 Å². The number of rotatable bonds is 5. The van der Waals surface area contributed by atoms with Gasteiger partial charge in [-0.05, 0) is 25.5 Å². The standard InChI is InChI=1S/C15H20N2O5/c1-3-22-13-5-4-11(21-2)8-12(13)16-15(20)17-7-6-10(9-17)14(18)19/h4-5,8,10H,3,6-7,9H2,1-2H3,(H,16,20)(H,18,19). The van der Waals surface area contributed by atoms with Gasteiger partial charge in [-0.15, -0.1) is 0 Å². The predicted molar refractivity (Wildman–Crippen MR) is 80.5 cm³/mol. The molecule has 0 spiro atoms. The van der Waals surface area contributed by atoms with Gasteiger partial charge >= 0.3 is 12.0 Å². The molecule has 0 saturated carbocycles. The lowest BCUT2D eigenvalue weighted by Gasteiger charge is -2.19. The van der Waals surface area contributed by atoms with E-state index in [0.29, 0.717) is 36.8 Å². The SMILES string of the molecule is CCOc1ccc(OC)cc1NC(=O)N1CCC(C(=O)O)C1. The highest BCUT2D eigenvalue weighted by molar-refractivity contribution is 5.92. The number of anilines is 1. The lowest BCUT2D eigenvalue weighted by molar-refractivity contribution is -0.141. The van der Waals surface area contributed by atoms with E-state index in [0.717, 1.165) is 0 Å². The number of urea groups is 1. The molecule has 7 nitrogen and oxygen atoms in total. The number of benzene rings is 1. The quantitative estimate of drug-likeness (QED) is 0.869. The number of hydrogen-bond acceptors (Lipinski definition) is 4. The molecular formula is C15H20N2O5. The molecule has 1 aliphatic rings. The molecule has 0 radical (unpaired) electrons. The smallest absolute Gasteiger partial charge is 0.321 e. The van der Waals surface area contributed by atoms with Crippen LogP contribution < -0.4 is 14.8 Å². The van der Waals surface area contributed by atoms with E-state index in [1.165, 1.54) is 4.90 Å². The van der Waals surface area contributed by atoms with E-state index in [2.05, 4.69) is 5.32 Å². The zero-order valence-corrected chi connectivity index (χ0v) is 12.7. The van der Waals surface area contributed by atoms with Crippen LogP contribution in [0, 0.1) is 5.92 Å². The topological polar surface area (TPSA) is 88.1 Å². The molecule has 120 valence electrons. The number of ether oxygens (including phenoxy) is 2. The summed E-state index contributed by atoms with van der Waals surface area (Å²) in [7, 11) is 1.54. The van der Waals surface area contributed by atoms with Crippen molar-refractivity contribution in [3.05, 3.63) is 18.2 Å². The first-order valence-electron chi connectivity index (χ1n) is 7.14. The van der Waals surface area contributed by atoms with Crippen molar-refractivity contribution in [2.45, 2.75) is 13.3 Å². The molecule has 22 heavy (non-hydrogen) atoms. The molecule has 1 atom stereocenters. The number of amides is 2. The Balaban J connectivity index is 2.09. The number of carboxylic acids is 1. The van der Waals surface area contributed by atoms with Crippen LogP contribution in [0.2, 0.25) is 0 Å². The Morgan fingerprint density at radius 2 is 2.23 bits per heavy atom. The van der Waals surface area contributed by atoms with E-state index in [1.807, 2.05) is 6.92 Å². The number of nitrogens with zero attached hydrogens (tertiary/aromatic N) is 1. The number of likely N-dealkylation sites (tertiary alicyclic amines) is 1. The first-order valence-corrected chi connectivity index (χ1v) is 7.14. The van der Waals surface area contributed by atoms with Gasteiger partial charge in [0, 0.05) is 19.2 Å². The molecule has 0 aromatic heterocycles. The van der Waals surface area contributed by atoms with Gasteiger partial charge in [0.1, 0.15) is 11.5 Å². The maximum absolute atomic E-state index is 12.3. The molecule has 7 heteroatoms. The fourth-order valence-corrected chi connectivity index (χ4v) is 2.36. The highest BCUT2D eigenvalue weighted by atomic mass is 16.5. The predicted octanol–water partition coefficient (Wildman–Crippen LogP) is 2.03. The molecule has 1 fully saturated rings. The molecule has 1 aromatic rings. The van der Waals surface area contributed by atoms with E-state index >= 15 is 0 Å². The van der Waals surface area contributed by atoms with Gasteiger partial charge in [-0.1, -0.05) is 0 Å². The molecule has 2 amide bonds. The number of hydrogen-bond donors (Lipinski definition) is 2. The zero-order chi connectivity index (χ0) is 16.1.